The van der Waals surface area contributed by atoms with Gasteiger partial charge >= 0.3 is 5.63 Å². The Morgan fingerprint density at radius 3 is 2.73 bits per heavy atom. The van der Waals surface area contributed by atoms with Crippen LogP contribution in [0.2, 0.25) is 0 Å². The van der Waals surface area contributed by atoms with E-state index >= 15 is 0 Å². The van der Waals surface area contributed by atoms with Crippen molar-refractivity contribution in [3.05, 3.63) is 92.9 Å². The minimum Gasteiger partial charge on any atom is -0.467 e. The van der Waals surface area contributed by atoms with Gasteiger partial charge in [0.2, 0.25) is 0 Å². The first kappa shape index (κ1) is 16.4. The SMILES string of the molecule is O=C(c1cc2ccccc2oc1=O)N(Cc1ccsc1)Cc1ccco1. The summed E-state index contributed by atoms with van der Waals surface area (Å²) < 4.78 is 10.7. The molecule has 4 rings (SSSR count). The quantitative estimate of drug-likeness (QED) is 0.495. The molecule has 3 heterocycles. The van der Waals surface area contributed by atoms with Crippen molar-refractivity contribution in [2.45, 2.75) is 13.1 Å². The third kappa shape index (κ3) is 3.32. The van der Waals surface area contributed by atoms with Crippen LogP contribution in [-0.4, -0.2) is 10.8 Å². The van der Waals surface area contributed by atoms with Gasteiger partial charge in [-0.05, 0) is 46.7 Å². The maximum absolute atomic E-state index is 13.1. The van der Waals surface area contributed by atoms with Crippen molar-refractivity contribution in [3.63, 3.8) is 0 Å². The molecule has 0 aliphatic heterocycles. The summed E-state index contributed by atoms with van der Waals surface area (Å²) in [5.74, 6) is 0.269. The number of thiophene rings is 1. The molecule has 0 saturated heterocycles. The maximum Gasteiger partial charge on any atom is 0.349 e. The topological polar surface area (TPSA) is 63.7 Å². The number of hydrogen-bond donors (Lipinski definition) is 0. The maximum atomic E-state index is 13.1. The third-order valence-corrected chi connectivity index (χ3v) is 4.77. The third-order valence-electron chi connectivity index (χ3n) is 4.04. The van der Waals surface area contributed by atoms with Gasteiger partial charge in [-0.2, -0.15) is 11.3 Å². The minimum atomic E-state index is -0.636. The molecule has 0 saturated carbocycles. The van der Waals surface area contributed by atoms with Gasteiger partial charge in [-0.15, -0.1) is 0 Å². The molecule has 0 bridgehead atoms. The predicted molar refractivity (Wildman–Crippen MR) is 99.1 cm³/mol. The van der Waals surface area contributed by atoms with Gasteiger partial charge in [-0.3, -0.25) is 4.79 Å². The Morgan fingerprint density at radius 2 is 1.96 bits per heavy atom. The highest BCUT2D eigenvalue weighted by Crippen LogP contribution is 2.18. The van der Waals surface area contributed by atoms with E-state index in [1.807, 2.05) is 29.0 Å². The van der Waals surface area contributed by atoms with Crippen LogP contribution in [0.15, 0.2) is 79.2 Å². The number of fused-ring (bicyclic) bond motifs is 1. The molecule has 6 heteroatoms. The Balaban J connectivity index is 1.71. The predicted octanol–water partition coefficient (Wildman–Crippen LogP) is 4.29. The molecule has 0 radical (unpaired) electrons. The number of para-hydroxylation sites is 1. The van der Waals surface area contributed by atoms with E-state index in [0.29, 0.717) is 23.3 Å². The number of benzene rings is 1. The van der Waals surface area contributed by atoms with Gasteiger partial charge in [0.15, 0.2) is 0 Å². The smallest absolute Gasteiger partial charge is 0.349 e. The number of furan rings is 1. The number of amides is 1. The lowest BCUT2D eigenvalue weighted by molar-refractivity contribution is 0.0713. The fourth-order valence-corrected chi connectivity index (χ4v) is 3.43. The van der Waals surface area contributed by atoms with E-state index in [9.17, 15) is 9.59 Å². The summed E-state index contributed by atoms with van der Waals surface area (Å²) in [5.41, 5.74) is 0.846. The largest absolute Gasteiger partial charge is 0.467 e. The molecular weight excluding hydrogens is 350 g/mol. The van der Waals surface area contributed by atoms with Crippen molar-refractivity contribution in [1.82, 2.24) is 4.90 Å². The van der Waals surface area contributed by atoms with Crippen molar-refractivity contribution >= 4 is 28.2 Å². The molecule has 26 heavy (non-hydrogen) atoms. The Bertz CT molecular complexity index is 1040. The zero-order valence-corrected chi connectivity index (χ0v) is 14.6. The number of hydrogen-bond acceptors (Lipinski definition) is 5. The van der Waals surface area contributed by atoms with Crippen LogP contribution in [0.4, 0.5) is 0 Å². The molecule has 5 nitrogen and oxygen atoms in total. The number of nitrogens with zero attached hydrogens (tertiary/aromatic N) is 1. The van der Waals surface area contributed by atoms with Gasteiger partial charge in [0.05, 0.1) is 12.8 Å². The Morgan fingerprint density at radius 1 is 1.08 bits per heavy atom. The number of rotatable bonds is 5. The van der Waals surface area contributed by atoms with Crippen LogP contribution >= 0.6 is 11.3 Å². The lowest BCUT2D eigenvalue weighted by Crippen LogP contribution is -2.33. The van der Waals surface area contributed by atoms with Crippen LogP contribution in [0.5, 0.6) is 0 Å². The lowest BCUT2D eigenvalue weighted by atomic mass is 10.1. The van der Waals surface area contributed by atoms with Crippen molar-refractivity contribution in [2.24, 2.45) is 0 Å². The van der Waals surface area contributed by atoms with E-state index in [1.54, 1.807) is 52.8 Å². The van der Waals surface area contributed by atoms with Crippen LogP contribution in [0.25, 0.3) is 11.0 Å². The summed E-state index contributed by atoms with van der Waals surface area (Å²) in [6.45, 7) is 0.656. The van der Waals surface area contributed by atoms with Gasteiger partial charge in [0.25, 0.3) is 5.91 Å². The van der Waals surface area contributed by atoms with Crippen LogP contribution < -0.4 is 5.63 Å². The Hall–Kier alpha value is -3.12. The molecule has 130 valence electrons. The van der Waals surface area contributed by atoms with E-state index in [2.05, 4.69) is 0 Å². The first-order valence-electron chi connectivity index (χ1n) is 8.06. The average molecular weight is 365 g/mol. The monoisotopic (exact) mass is 365 g/mol. The molecule has 0 atom stereocenters. The van der Waals surface area contributed by atoms with Crippen LogP contribution in [0.1, 0.15) is 21.7 Å². The highest BCUT2D eigenvalue weighted by Gasteiger charge is 2.22. The number of carbonyl (C=O) groups excluding carboxylic acids is 1. The molecule has 1 amide bonds. The molecule has 0 spiro atoms. The molecule has 0 N–H and O–H groups in total. The molecule has 1 aromatic carbocycles. The highest BCUT2D eigenvalue weighted by atomic mass is 32.1. The summed E-state index contributed by atoms with van der Waals surface area (Å²) in [6, 6.07) is 14.3. The highest BCUT2D eigenvalue weighted by molar-refractivity contribution is 7.07. The van der Waals surface area contributed by atoms with E-state index in [-0.39, 0.29) is 18.0 Å². The van der Waals surface area contributed by atoms with E-state index in [0.717, 1.165) is 5.56 Å². The van der Waals surface area contributed by atoms with Gasteiger partial charge in [-0.1, -0.05) is 18.2 Å². The van der Waals surface area contributed by atoms with Gasteiger partial charge in [0, 0.05) is 11.9 Å². The fraction of sp³-hybridized carbons (Fsp3) is 0.100. The molecular formula is C20H15NO4S. The minimum absolute atomic E-state index is 0.0190. The van der Waals surface area contributed by atoms with E-state index in [4.69, 9.17) is 8.83 Å². The summed E-state index contributed by atoms with van der Waals surface area (Å²) in [4.78, 5) is 27.0. The summed E-state index contributed by atoms with van der Waals surface area (Å²) in [6.07, 6.45) is 1.56. The fourth-order valence-electron chi connectivity index (χ4n) is 2.77. The molecule has 3 aromatic heterocycles. The second-order valence-electron chi connectivity index (χ2n) is 5.86. The summed E-state index contributed by atoms with van der Waals surface area (Å²) >= 11 is 1.56. The normalized spacial score (nSPS) is 10.9. The van der Waals surface area contributed by atoms with Gasteiger partial charge in [-0.25, -0.2) is 4.79 Å². The summed E-state index contributed by atoms with van der Waals surface area (Å²) in [7, 11) is 0. The number of carbonyl (C=O) groups is 1. The molecule has 0 aliphatic rings. The van der Waals surface area contributed by atoms with Crippen molar-refractivity contribution < 1.29 is 13.6 Å². The van der Waals surface area contributed by atoms with Gasteiger partial charge in [0.1, 0.15) is 16.9 Å². The molecule has 4 aromatic rings. The Kier molecular flexibility index (Phi) is 4.41. The summed E-state index contributed by atoms with van der Waals surface area (Å²) in [5, 5.41) is 4.64. The van der Waals surface area contributed by atoms with Crippen LogP contribution in [-0.2, 0) is 13.1 Å². The zero-order chi connectivity index (χ0) is 17.9. The second kappa shape index (κ2) is 7.01. The standard InChI is InChI=1S/C20H15NO4S/c22-19(17-10-15-4-1-2-6-18(15)25-20(17)23)21(11-14-7-9-26-13-14)12-16-5-3-8-24-16/h1-10,13H,11-12H2. The van der Waals surface area contributed by atoms with Gasteiger partial charge < -0.3 is 13.7 Å². The van der Waals surface area contributed by atoms with Crippen LogP contribution in [0, 0.1) is 0 Å². The molecule has 0 unspecified atom stereocenters. The van der Waals surface area contributed by atoms with Crippen molar-refractivity contribution in [1.29, 1.82) is 0 Å². The average Bonchev–Trinajstić information content (AvgIpc) is 3.34. The van der Waals surface area contributed by atoms with E-state index in [1.165, 1.54) is 0 Å². The first-order valence-corrected chi connectivity index (χ1v) is 9.00. The first-order chi connectivity index (χ1) is 12.7. The molecule has 0 aliphatic carbocycles. The Labute approximate surface area is 153 Å². The van der Waals surface area contributed by atoms with Crippen LogP contribution in [0.3, 0.4) is 0 Å². The zero-order valence-electron chi connectivity index (χ0n) is 13.8. The van der Waals surface area contributed by atoms with Crippen molar-refractivity contribution in [3.8, 4) is 0 Å². The van der Waals surface area contributed by atoms with E-state index < -0.39 is 5.63 Å². The molecule has 0 fully saturated rings. The lowest BCUT2D eigenvalue weighted by Gasteiger charge is -2.21. The van der Waals surface area contributed by atoms with Crippen molar-refractivity contribution in [2.75, 3.05) is 0 Å². The second-order valence-corrected chi connectivity index (χ2v) is 6.64.